The molecular formula is C22H21N3O3. The van der Waals surface area contributed by atoms with E-state index < -0.39 is 0 Å². The molecule has 3 amide bonds. The first-order valence-corrected chi connectivity index (χ1v) is 9.26. The number of carbonyl (C=O) groups excluding carboxylic acids is 3. The normalized spacial score (nSPS) is 13.3. The Labute approximate surface area is 162 Å². The topological polar surface area (TPSA) is 71.4 Å². The van der Waals surface area contributed by atoms with Crippen LogP contribution in [0.15, 0.2) is 48.7 Å². The molecule has 0 bridgehead atoms. The Hall–Kier alpha value is -3.41. The molecule has 2 heterocycles. The first-order valence-electron chi connectivity index (χ1n) is 9.26. The van der Waals surface area contributed by atoms with Gasteiger partial charge in [0.05, 0.1) is 16.8 Å². The van der Waals surface area contributed by atoms with Crippen LogP contribution in [0.2, 0.25) is 0 Å². The second-order valence-corrected chi connectivity index (χ2v) is 7.13. The molecule has 0 fully saturated rings. The third-order valence-corrected chi connectivity index (χ3v) is 5.11. The Morgan fingerprint density at radius 1 is 1.04 bits per heavy atom. The van der Waals surface area contributed by atoms with E-state index in [1.165, 1.54) is 4.90 Å². The van der Waals surface area contributed by atoms with Gasteiger partial charge in [-0.2, -0.15) is 0 Å². The quantitative estimate of drug-likeness (QED) is 0.694. The highest BCUT2D eigenvalue weighted by molar-refractivity contribution is 6.21. The number of aromatic nitrogens is 1. The highest BCUT2D eigenvalue weighted by atomic mass is 16.2. The maximum atomic E-state index is 12.5. The van der Waals surface area contributed by atoms with Gasteiger partial charge in [-0.1, -0.05) is 17.7 Å². The van der Waals surface area contributed by atoms with Gasteiger partial charge in [-0.3, -0.25) is 19.3 Å². The molecule has 4 rings (SSSR count). The number of amides is 3. The van der Waals surface area contributed by atoms with Crippen LogP contribution in [-0.4, -0.2) is 33.7 Å². The highest BCUT2D eigenvalue weighted by Crippen LogP contribution is 2.25. The molecule has 2 aromatic carbocycles. The lowest BCUT2D eigenvalue weighted by Crippen LogP contribution is -2.31. The second-order valence-electron chi connectivity index (χ2n) is 7.13. The molecular weight excluding hydrogens is 354 g/mol. The van der Waals surface area contributed by atoms with Gasteiger partial charge in [-0.15, -0.1) is 0 Å². The third-order valence-electron chi connectivity index (χ3n) is 5.11. The first kappa shape index (κ1) is 18.0. The lowest BCUT2D eigenvalue weighted by molar-refractivity contribution is -0.116. The van der Waals surface area contributed by atoms with Crippen molar-refractivity contribution in [3.05, 3.63) is 65.4 Å². The van der Waals surface area contributed by atoms with Gasteiger partial charge in [0.1, 0.15) is 0 Å². The van der Waals surface area contributed by atoms with E-state index in [0.717, 1.165) is 22.2 Å². The van der Waals surface area contributed by atoms with E-state index in [0.29, 0.717) is 17.5 Å². The average Bonchev–Trinajstić information content (AvgIpc) is 3.16. The Kier molecular flexibility index (Phi) is 4.47. The van der Waals surface area contributed by atoms with E-state index in [4.69, 9.17) is 0 Å². The highest BCUT2D eigenvalue weighted by Gasteiger charge is 2.34. The molecule has 0 spiro atoms. The fourth-order valence-electron chi connectivity index (χ4n) is 3.63. The van der Waals surface area contributed by atoms with Gasteiger partial charge < -0.3 is 9.88 Å². The van der Waals surface area contributed by atoms with Crippen LogP contribution in [0.1, 0.15) is 39.1 Å². The van der Waals surface area contributed by atoms with Gasteiger partial charge in [0.25, 0.3) is 11.8 Å². The van der Waals surface area contributed by atoms with Gasteiger partial charge in [-0.05, 0) is 43.7 Å². The number of fused-ring (bicyclic) bond motifs is 2. The minimum Gasteiger partial charge on any atom is -0.350 e. The lowest BCUT2D eigenvalue weighted by atomic mass is 10.1. The molecule has 28 heavy (non-hydrogen) atoms. The summed E-state index contributed by atoms with van der Waals surface area (Å²) in [5.41, 5.74) is 3.63. The molecule has 0 unspecified atom stereocenters. The molecule has 0 radical (unpaired) electrons. The molecule has 1 aliphatic rings. The van der Waals surface area contributed by atoms with Crippen molar-refractivity contribution in [3.63, 3.8) is 0 Å². The number of hydrogen-bond donors (Lipinski definition) is 1. The molecule has 0 saturated heterocycles. The van der Waals surface area contributed by atoms with Crippen LogP contribution in [-0.2, 0) is 11.8 Å². The third kappa shape index (κ3) is 3.07. The van der Waals surface area contributed by atoms with Crippen molar-refractivity contribution in [2.75, 3.05) is 11.9 Å². The zero-order valence-electron chi connectivity index (χ0n) is 15.9. The van der Waals surface area contributed by atoms with Gasteiger partial charge in [-0.25, -0.2) is 0 Å². The summed E-state index contributed by atoms with van der Waals surface area (Å²) in [5.74, 6) is -0.698. The van der Waals surface area contributed by atoms with Crippen LogP contribution < -0.4 is 5.32 Å². The fraction of sp³-hybridized carbons (Fsp3) is 0.227. The van der Waals surface area contributed by atoms with Gasteiger partial charge >= 0.3 is 0 Å². The zero-order valence-corrected chi connectivity index (χ0v) is 15.9. The summed E-state index contributed by atoms with van der Waals surface area (Å²) in [4.78, 5) is 38.5. The van der Waals surface area contributed by atoms with Crippen molar-refractivity contribution in [1.82, 2.24) is 9.47 Å². The number of carbonyl (C=O) groups is 3. The number of imide groups is 1. The zero-order chi connectivity index (χ0) is 19.8. The van der Waals surface area contributed by atoms with E-state index in [-0.39, 0.29) is 30.7 Å². The van der Waals surface area contributed by atoms with Crippen molar-refractivity contribution < 1.29 is 14.4 Å². The molecule has 0 atom stereocenters. The monoisotopic (exact) mass is 375 g/mol. The van der Waals surface area contributed by atoms with Gasteiger partial charge in [0.15, 0.2) is 0 Å². The SMILES string of the molecule is Cc1ccc2c(c1)C(=O)N(CCCC(=O)Nc1cccc3c1ccn3C)C2=O. The Morgan fingerprint density at radius 2 is 1.82 bits per heavy atom. The van der Waals surface area contributed by atoms with Crippen LogP contribution in [0.25, 0.3) is 10.9 Å². The minimum absolute atomic E-state index is 0.135. The number of benzene rings is 2. The summed E-state index contributed by atoms with van der Waals surface area (Å²) >= 11 is 0. The first-order chi connectivity index (χ1) is 13.5. The second kappa shape index (κ2) is 6.96. The molecule has 0 saturated carbocycles. The van der Waals surface area contributed by atoms with Crippen molar-refractivity contribution in [2.45, 2.75) is 19.8 Å². The lowest BCUT2D eigenvalue weighted by Gasteiger charge is -2.13. The molecule has 142 valence electrons. The summed E-state index contributed by atoms with van der Waals surface area (Å²) < 4.78 is 2.00. The number of nitrogens with zero attached hydrogens (tertiary/aromatic N) is 2. The number of hydrogen-bond acceptors (Lipinski definition) is 3. The summed E-state index contributed by atoms with van der Waals surface area (Å²) in [6.07, 6.45) is 2.60. The maximum Gasteiger partial charge on any atom is 0.261 e. The Balaban J connectivity index is 1.37. The molecule has 1 aliphatic heterocycles. The number of aryl methyl sites for hydroxylation is 2. The van der Waals surface area contributed by atoms with Crippen LogP contribution >= 0.6 is 0 Å². The molecule has 1 aromatic heterocycles. The molecule has 3 aromatic rings. The van der Waals surface area contributed by atoms with Crippen LogP contribution in [0.4, 0.5) is 5.69 Å². The number of nitrogens with one attached hydrogen (secondary N) is 1. The van der Waals surface area contributed by atoms with Crippen LogP contribution in [0.3, 0.4) is 0 Å². The minimum atomic E-state index is -0.283. The van der Waals surface area contributed by atoms with E-state index in [1.54, 1.807) is 12.1 Å². The van der Waals surface area contributed by atoms with E-state index in [1.807, 2.05) is 55.1 Å². The molecule has 6 heteroatoms. The van der Waals surface area contributed by atoms with E-state index in [2.05, 4.69) is 5.32 Å². The van der Waals surface area contributed by atoms with E-state index in [9.17, 15) is 14.4 Å². The average molecular weight is 375 g/mol. The molecule has 6 nitrogen and oxygen atoms in total. The Morgan fingerprint density at radius 3 is 2.64 bits per heavy atom. The van der Waals surface area contributed by atoms with Crippen molar-refractivity contribution in [1.29, 1.82) is 0 Å². The number of rotatable bonds is 5. The van der Waals surface area contributed by atoms with Crippen molar-refractivity contribution >= 4 is 34.3 Å². The fourth-order valence-corrected chi connectivity index (χ4v) is 3.63. The van der Waals surface area contributed by atoms with Crippen molar-refractivity contribution in [3.8, 4) is 0 Å². The summed E-state index contributed by atoms with van der Waals surface area (Å²) in [6, 6.07) is 13.0. The van der Waals surface area contributed by atoms with Crippen molar-refractivity contribution in [2.24, 2.45) is 7.05 Å². The predicted molar refractivity (Wildman–Crippen MR) is 107 cm³/mol. The summed E-state index contributed by atoms with van der Waals surface area (Å²) in [7, 11) is 1.96. The smallest absolute Gasteiger partial charge is 0.261 e. The van der Waals surface area contributed by atoms with Crippen LogP contribution in [0.5, 0.6) is 0 Å². The van der Waals surface area contributed by atoms with Gasteiger partial charge in [0, 0.05) is 37.1 Å². The summed E-state index contributed by atoms with van der Waals surface area (Å²) in [6.45, 7) is 2.12. The van der Waals surface area contributed by atoms with Gasteiger partial charge in [0.2, 0.25) is 5.91 Å². The van der Waals surface area contributed by atoms with E-state index >= 15 is 0 Å². The summed E-state index contributed by atoms with van der Waals surface area (Å²) in [5, 5.41) is 3.91. The standard InChI is InChI=1S/C22H21N3O3/c1-14-8-9-15-17(13-14)22(28)25(21(15)27)11-4-7-20(26)23-18-5-3-6-19-16(18)10-12-24(19)2/h3,5-6,8-10,12-13H,4,7,11H2,1-2H3,(H,23,26). The largest absolute Gasteiger partial charge is 0.350 e. The molecule has 0 aliphatic carbocycles. The Bertz CT molecular complexity index is 1110. The molecule has 1 N–H and O–H groups in total. The number of anilines is 1. The van der Waals surface area contributed by atoms with Crippen LogP contribution in [0, 0.1) is 6.92 Å². The predicted octanol–water partition coefficient (Wildman–Crippen LogP) is 3.50. The maximum absolute atomic E-state index is 12.5.